The van der Waals surface area contributed by atoms with Crippen molar-refractivity contribution < 1.29 is 4.42 Å². The van der Waals surface area contributed by atoms with E-state index in [0.717, 1.165) is 50.1 Å². The molecular weight excluding hydrogens is 763 g/mol. The Balaban J connectivity index is 0.990. The molecule has 0 fully saturated rings. The second-order valence-electron chi connectivity index (χ2n) is 16.4. The van der Waals surface area contributed by atoms with E-state index in [1.54, 1.807) is 0 Å². The highest BCUT2D eigenvalue weighted by Gasteiger charge is 2.45. The van der Waals surface area contributed by atoms with Gasteiger partial charge >= 0.3 is 0 Å². The molecule has 0 aliphatic heterocycles. The zero-order valence-corrected chi connectivity index (χ0v) is 34.5. The average molecular weight is 804 g/mol. The van der Waals surface area contributed by atoms with Crippen LogP contribution in [0, 0.1) is 0 Å². The van der Waals surface area contributed by atoms with Crippen LogP contribution in [0.4, 0.5) is 17.1 Å². The Labute approximate surface area is 367 Å². The molecule has 0 bridgehead atoms. The molecule has 2 heteroatoms. The molecule has 0 N–H and O–H groups in total. The summed E-state index contributed by atoms with van der Waals surface area (Å²) in [4.78, 5) is 2.37. The molecule has 0 amide bonds. The minimum atomic E-state index is -0.467. The van der Waals surface area contributed by atoms with E-state index in [2.05, 4.69) is 241 Å². The number of fused-ring (bicyclic) bond motifs is 6. The van der Waals surface area contributed by atoms with Gasteiger partial charge in [0.1, 0.15) is 11.2 Å². The van der Waals surface area contributed by atoms with Gasteiger partial charge in [-0.15, -0.1) is 0 Å². The number of para-hydroxylation sites is 2. The van der Waals surface area contributed by atoms with Crippen LogP contribution in [0.1, 0.15) is 22.3 Å². The molecule has 1 aromatic heterocycles. The zero-order chi connectivity index (χ0) is 41.7. The number of nitrogens with zero attached hydrogens (tertiary/aromatic N) is 1. The average Bonchev–Trinajstić information content (AvgIpc) is 3.90. The number of hydrogen-bond acceptors (Lipinski definition) is 2. The predicted molar refractivity (Wildman–Crippen MR) is 262 cm³/mol. The third-order valence-corrected chi connectivity index (χ3v) is 13.0. The first kappa shape index (κ1) is 36.6. The van der Waals surface area contributed by atoms with Gasteiger partial charge in [0, 0.05) is 33.4 Å². The molecule has 296 valence electrons. The molecule has 0 saturated carbocycles. The van der Waals surface area contributed by atoms with Crippen molar-refractivity contribution in [3.63, 3.8) is 0 Å². The maximum atomic E-state index is 6.47. The standard InChI is InChI=1S/C61H41NO/c1-3-16-42(17-4-1)50-20-7-8-21-51(50)43-30-36-47(37-31-43)62(48-38-32-44(33-39-48)52-25-15-26-56-55-24-11-14-29-59(55)63-60(52)56)49-40-34-46(35-41-49)61(45-18-5-2-6-19-45)57-27-12-9-22-53(57)54-23-10-13-28-58(54)61/h1-41H. The molecule has 11 aromatic rings. The number of benzene rings is 10. The van der Waals surface area contributed by atoms with Gasteiger partial charge in [-0.3, -0.25) is 0 Å². The summed E-state index contributed by atoms with van der Waals surface area (Å²) >= 11 is 0. The van der Waals surface area contributed by atoms with Crippen molar-refractivity contribution in [1.82, 2.24) is 0 Å². The van der Waals surface area contributed by atoms with Gasteiger partial charge in [0.05, 0.1) is 5.41 Å². The molecule has 10 aromatic carbocycles. The maximum Gasteiger partial charge on any atom is 0.143 e. The number of anilines is 3. The molecule has 0 atom stereocenters. The van der Waals surface area contributed by atoms with Gasteiger partial charge in [0.15, 0.2) is 0 Å². The first-order valence-electron chi connectivity index (χ1n) is 21.7. The summed E-state index contributed by atoms with van der Waals surface area (Å²) in [6.45, 7) is 0. The molecular formula is C61H41NO. The van der Waals surface area contributed by atoms with Crippen molar-refractivity contribution in [3.8, 4) is 44.5 Å². The SMILES string of the molecule is c1ccc(-c2ccccc2-c2ccc(N(c3ccc(-c4cccc5c4oc4ccccc45)cc3)c3ccc(C4(c5ccccc5)c5ccccc5-c5ccccc54)cc3)cc2)cc1. The van der Waals surface area contributed by atoms with Crippen LogP contribution in [0.25, 0.3) is 66.4 Å². The Hall–Kier alpha value is -8.20. The predicted octanol–water partition coefficient (Wildman–Crippen LogP) is 16.4. The lowest BCUT2D eigenvalue weighted by Gasteiger charge is -2.34. The highest BCUT2D eigenvalue weighted by Crippen LogP contribution is 2.56. The Bertz CT molecular complexity index is 3370. The van der Waals surface area contributed by atoms with Gasteiger partial charge in [-0.1, -0.05) is 206 Å². The molecule has 1 aliphatic carbocycles. The van der Waals surface area contributed by atoms with Gasteiger partial charge in [-0.05, 0) is 104 Å². The molecule has 0 spiro atoms. The monoisotopic (exact) mass is 803 g/mol. The van der Waals surface area contributed by atoms with Crippen LogP contribution in [0.5, 0.6) is 0 Å². The highest BCUT2D eigenvalue weighted by atomic mass is 16.3. The highest BCUT2D eigenvalue weighted by molar-refractivity contribution is 6.09. The quantitative estimate of drug-likeness (QED) is 0.152. The van der Waals surface area contributed by atoms with Crippen LogP contribution in [0.3, 0.4) is 0 Å². The summed E-state index contributed by atoms with van der Waals surface area (Å²) in [6, 6.07) is 90.1. The lowest BCUT2D eigenvalue weighted by molar-refractivity contribution is 0.670. The first-order valence-corrected chi connectivity index (χ1v) is 21.7. The fraction of sp³-hybridized carbons (Fsp3) is 0.0164. The molecule has 0 saturated heterocycles. The van der Waals surface area contributed by atoms with Crippen molar-refractivity contribution in [2.24, 2.45) is 0 Å². The van der Waals surface area contributed by atoms with E-state index in [4.69, 9.17) is 4.42 Å². The Morgan fingerprint density at radius 3 is 1.30 bits per heavy atom. The number of rotatable bonds is 8. The van der Waals surface area contributed by atoms with Crippen molar-refractivity contribution in [2.75, 3.05) is 4.90 Å². The first-order chi connectivity index (χ1) is 31.3. The molecule has 63 heavy (non-hydrogen) atoms. The normalized spacial score (nSPS) is 12.6. The van der Waals surface area contributed by atoms with E-state index >= 15 is 0 Å². The Kier molecular flexibility index (Phi) is 8.76. The van der Waals surface area contributed by atoms with Crippen LogP contribution in [0.2, 0.25) is 0 Å². The van der Waals surface area contributed by atoms with Crippen molar-refractivity contribution in [2.45, 2.75) is 5.41 Å². The summed E-state index contributed by atoms with van der Waals surface area (Å²) in [7, 11) is 0. The minimum absolute atomic E-state index is 0.467. The molecule has 1 heterocycles. The second-order valence-corrected chi connectivity index (χ2v) is 16.4. The number of furan rings is 1. The number of hydrogen-bond donors (Lipinski definition) is 0. The van der Waals surface area contributed by atoms with E-state index < -0.39 is 5.41 Å². The summed E-state index contributed by atoms with van der Waals surface area (Å²) in [5, 5.41) is 2.26. The van der Waals surface area contributed by atoms with Crippen molar-refractivity contribution in [1.29, 1.82) is 0 Å². The summed E-state index contributed by atoms with van der Waals surface area (Å²) in [5.74, 6) is 0. The third-order valence-electron chi connectivity index (χ3n) is 13.0. The lowest BCUT2D eigenvalue weighted by atomic mass is 9.68. The van der Waals surface area contributed by atoms with Crippen LogP contribution in [-0.4, -0.2) is 0 Å². The van der Waals surface area contributed by atoms with Gasteiger partial charge in [0.2, 0.25) is 0 Å². The summed E-state index contributed by atoms with van der Waals surface area (Å²) < 4.78 is 6.47. The molecule has 2 nitrogen and oxygen atoms in total. The Morgan fingerprint density at radius 2 is 0.698 bits per heavy atom. The minimum Gasteiger partial charge on any atom is -0.455 e. The summed E-state index contributed by atoms with van der Waals surface area (Å²) in [6.07, 6.45) is 0. The topological polar surface area (TPSA) is 16.4 Å². The smallest absolute Gasteiger partial charge is 0.143 e. The molecule has 1 aliphatic rings. The van der Waals surface area contributed by atoms with E-state index in [1.165, 1.54) is 55.6 Å². The fourth-order valence-corrected chi connectivity index (χ4v) is 10.2. The third kappa shape index (κ3) is 5.95. The zero-order valence-electron chi connectivity index (χ0n) is 34.5. The molecule has 12 rings (SSSR count). The second kappa shape index (κ2) is 15.1. The van der Waals surface area contributed by atoms with Gasteiger partial charge < -0.3 is 9.32 Å². The van der Waals surface area contributed by atoms with Gasteiger partial charge in [-0.25, -0.2) is 0 Å². The van der Waals surface area contributed by atoms with Crippen LogP contribution < -0.4 is 4.90 Å². The lowest BCUT2D eigenvalue weighted by Crippen LogP contribution is -2.28. The van der Waals surface area contributed by atoms with Crippen molar-refractivity contribution >= 4 is 39.0 Å². The van der Waals surface area contributed by atoms with E-state index in [-0.39, 0.29) is 0 Å². The van der Waals surface area contributed by atoms with E-state index in [0.29, 0.717) is 0 Å². The largest absolute Gasteiger partial charge is 0.455 e. The molecule has 0 radical (unpaired) electrons. The van der Waals surface area contributed by atoms with E-state index in [1.807, 2.05) is 12.1 Å². The van der Waals surface area contributed by atoms with Crippen LogP contribution in [0.15, 0.2) is 253 Å². The van der Waals surface area contributed by atoms with E-state index in [9.17, 15) is 0 Å². The Morgan fingerprint density at radius 1 is 0.286 bits per heavy atom. The van der Waals surface area contributed by atoms with Gasteiger partial charge in [0.25, 0.3) is 0 Å². The van der Waals surface area contributed by atoms with Crippen molar-refractivity contribution in [3.05, 3.63) is 271 Å². The fourth-order valence-electron chi connectivity index (χ4n) is 10.2. The van der Waals surface area contributed by atoms with Crippen LogP contribution in [-0.2, 0) is 5.41 Å². The maximum absolute atomic E-state index is 6.47. The van der Waals surface area contributed by atoms with Gasteiger partial charge in [-0.2, -0.15) is 0 Å². The van der Waals surface area contributed by atoms with Crippen LogP contribution >= 0.6 is 0 Å². The summed E-state index contributed by atoms with van der Waals surface area (Å²) in [5.41, 5.74) is 19.2. The molecule has 0 unspecified atom stereocenters.